The van der Waals surface area contributed by atoms with Crippen LogP contribution in [0, 0.1) is 5.82 Å². The molecule has 1 aliphatic heterocycles. The van der Waals surface area contributed by atoms with Gasteiger partial charge >= 0.3 is 0 Å². The lowest BCUT2D eigenvalue weighted by Gasteiger charge is -2.11. The Morgan fingerprint density at radius 3 is 2.83 bits per heavy atom. The Morgan fingerprint density at radius 1 is 1.44 bits per heavy atom. The maximum absolute atomic E-state index is 13.5. The lowest BCUT2D eigenvalue weighted by atomic mass is 10.2. The summed E-state index contributed by atoms with van der Waals surface area (Å²) < 4.78 is 13.9. The van der Waals surface area contributed by atoms with Gasteiger partial charge < -0.3 is 5.73 Å². The first-order valence-electron chi connectivity index (χ1n) is 5.33. The molecule has 0 saturated carbocycles. The van der Waals surface area contributed by atoms with Crippen LogP contribution in [-0.2, 0) is 4.79 Å². The topological polar surface area (TPSA) is 46.3 Å². The van der Waals surface area contributed by atoms with Crippen LogP contribution in [-0.4, -0.2) is 28.2 Å². The van der Waals surface area contributed by atoms with Gasteiger partial charge in [0, 0.05) is 18.7 Å². The van der Waals surface area contributed by atoms with Gasteiger partial charge in [0.2, 0.25) is 0 Å². The van der Waals surface area contributed by atoms with Crippen molar-refractivity contribution in [1.29, 1.82) is 0 Å². The zero-order valence-electron chi connectivity index (χ0n) is 9.43. The third kappa shape index (κ3) is 2.60. The van der Waals surface area contributed by atoms with E-state index in [-0.39, 0.29) is 11.7 Å². The highest BCUT2D eigenvalue weighted by atomic mass is 32.2. The minimum atomic E-state index is -0.360. The molecule has 1 heterocycles. The number of hydrogen-bond donors (Lipinski definition) is 1. The Balaban J connectivity index is 2.28. The number of nitrogens with zero attached hydrogens (tertiary/aromatic N) is 1. The van der Waals surface area contributed by atoms with Crippen LogP contribution in [0.5, 0.6) is 0 Å². The van der Waals surface area contributed by atoms with Crippen LogP contribution >= 0.6 is 24.0 Å². The summed E-state index contributed by atoms with van der Waals surface area (Å²) in [5.74, 6) is -0.569. The van der Waals surface area contributed by atoms with Gasteiger partial charge in [0.1, 0.15) is 10.1 Å². The highest BCUT2D eigenvalue weighted by molar-refractivity contribution is 8.26. The number of benzene rings is 1. The zero-order chi connectivity index (χ0) is 13.1. The summed E-state index contributed by atoms with van der Waals surface area (Å²) in [4.78, 5) is 13.9. The number of hydrogen-bond acceptors (Lipinski definition) is 4. The number of rotatable bonds is 3. The SMILES string of the molecule is NCCN1C(=O)/C(=C\c2ccccc2F)SC1=S. The van der Waals surface area contributed by atoms with Gasteiger partial charge in [-0.3, -0.25) is 9.69 Å². The van der Waals surface area contributed by atoms with Crippen LogP contribution < -0.4 is 5.73 Å². The predicted molar refractivity (Wildman–Crippen MR) is 75.3 cm³/mol. The monoisotopic (exact) mass is 282 g/mol. The van der Waals surface area contributed by atoms with E-state index in [2.05, 4.69) is 0 Å². The molecule has 3 nitrogen and oxygen atoms in total. The van der Waals surface area contributed by atoms with Crippen LogP contribution in [0.3, 0.4) is 0 Å². The van der Waals surface area contributed by atoms with E-state index in [4.69, 9.17) is 18.0 Å². The molecule has 18 heavy (non-hydrogen) atoms. The zero-order valence-corrected chi connectivity index (χ0v) is 11.1. The number of thioether (sulfide) groups is 1. The quantitative estimate of drug-likeness (QED) is 0.680. The Morgan fingerprint density at radius 2 is 2.17 bits per heavy atom. The molecule has 0 unspecified atom stereocenters. The number of carbonyl (C=O) groups is 1. The van der Waals surface area contributed by atoms with Crippen molar-refractivity contribution in [1.82, 2.24) is 4.90 Å². The summed E-state index contributed by atoms with van der Waals surface area (Å²) in [6.45, 7) is 0.735. The van der Waals surface area contributed by atoms with Gasteiger partial charge in [-0.25, -0.2) is 4.39 Å². The van der Waals surface area contributed by atoms with Crippen LogP contribution in [0.4, 0.5) is 4.39 Å². The van der Waals surface area contributed by atoms with Gasteiger partial charge in [-0.1, -0.05) is 42.2 Å². The van der Waals surface area contributed by atoms with Gasteiger partial charge in [-0.15, -0.1) is 0 Å². The molecule has 1 aromatic rings. The molecule has 1 aliphatic rings. The van der Waals surface area contributed by atoms with E-state index in [0.29, 0.717) is 27.9 Å². The average molecular weight is 282 g/mol. The first-order chi connectivity index (χ1) is 8.63. The van der Waals surface area contributed by atoms with Crippen molar-refractivity contribution in [3.05, 3.63) is 40.6 Å². The standard InChI is InChI=1S/C12H11FN2OS2/c13-9-4-2-1-3-8(9)7-10-11(16)15(6-5-14)12(17)18-10/h1-4,7H,5-6,14H2/b10-7+. The summed E-state index contributed by atoms with van der Waals surface area (Å²) in [5.41, 5.74) is 5.79. The fourth-order valence-corrected chi connectivity index (χ4v) is 2.85. The minimum Gasteiger partial charge on any atom is -0.329 e. The second-order valence-electron chi connectivity index (χ2n) is 3.64. The normalized spacial score (nSPS) is 17.9. The van der Waals surface area contributed by atoms with Gasteiger partial charge in [-0.2, -0.15) is 0 Å². The Kier molecular flexibility index (Phi) is 4.11. The molecule has 0 radical (unpaired) electrons. The van der Waals surface area contributed by atoms with E-state index < -0.39 is 0 Å². The number of thiocarbonyl (C=S) groups is 1. The number of amides is 1. The molecular formula is C12H11FN2OS2. The van der Waals surface area contributed by atoms with E-state index >= 15 is 0 Å². The summed E-state index contributed by atoms with van der Waals surface area (Å²) in [6.07, 6.45) is 1.52. The Labute approximate surface area is 114 Å². The van der Waals surface area contributed by atoms with Gasteiger partial charge in [0.15, 0.2) is 0 Å². The molecule has 2 rings (SSSR count). The maximum atomic E-state index is 13.5. The highest BCUT2D eigenvalue weighted by Gasteiger charge is 2.31. The molecule has 0 spiro atoms. The van der Waals surface area contributed by atoms with Gasteiger partial charge in [-0.05, 0) is 12.1 Å². The molecule has 1 saturated heterocycles. The molecule has 0 aromatic heterocycles. The summed E-state index contributed by atoms with van der Waals surface area (Å²) in [5, 5.41) is 0. The predicted octanol–water partition coefficient (Wildman–Crippen LogP) is 1.99. The molecule has 94 valence electrons. The Hall–Kier alpha value is -1.24. The summed E-state index contributed by atoms with van der Waals surface area (Å²) in [7, 11) is 0. The van der Waals surface area contributed by atoms with Crippen molar-refractivity contribution in [2.45, 2.75) is 0 Å². The van der Waals surface area contributed by atoms with Crippen LogP contribution in [0.1, 0.15) is 5.56 Å². The maximum Gasteiger partial charge on any atom is 0.266 e. The molecule has 1 fully saturated rings. The lowest BCUT2D eigenvalue weighted by Crippen LogP contribution is -2.32. The first kappa shape index (κ1) is 13.2. The van der Waals surface area contributed by atoms with Crippen molar-refractivity contribution >= 4 is 40.3 Å². The second kappa shape index (κ2) is 5.60. The molecule has 0 aliphatic carbocycles. The van der Waals surface area contributed by atoms with Crippen LogP contribution in [0.25, 0.3) is 6.08 Å². The largest absolute Gasteiger partial charge is 0.329 e. The van der Waals surface area contributed by atoms with Crippen molar-refractivity contribution in [3.8, 4) is 0 Å². The van der Waals surface area contributed by atoms with Crippen molar-refractivity contribution < 1.29 is 9.18 Å². The van der Waals surface area contributed by atoms with Gasteiger partial charge in [0.05, 0.1) is 4.91 Å². The molecular weight excluding hydrogens is 271 g/mol. The average Bonchev–Trinajstić information content (AvgIpc) is 2.60. The van der Waals surface area contributed by atoms with E-state index in [9.17, 15) is 9.18 Å². The van der Waals surface area contributed by atoms with Gasteiger partial charge in [0.25, 0.3) is 5.91 Å². The van der Waals surface area contributed by atoms with Crippen LogP contribution in [0.15, 0.2) is 29.2 Å². The van der Waals surface area contributed by atoms with E-state index in [1.165, 1.54) is 28.8 Å². The van der Waals surface area contributed by atoms with E-state index in [0.717, 1.165) is 0 Å². The smallest absolute Gasteiger partial charge is 0.266 e. The van der Waals surface area contributed by atoms with E-state index in [1.54, 1.807) is 18.2 Å². The minimum absolute atomic E-state index is 0.210. The second-order valence-corrected chi connectivity index (χ2v) is 5.32. The third-order valence-electron chi connectivity index (χ3n) is 2.42. The van der Waals surface area contributed by atoms with Crippen molar-refractivity contribution in [2.24, 2.45) is 5.73 Å². The fourth-order valence-electron chi connectivity index (χ4n) is 1.56. The highest BCUT2D eigenvalue weighted by Crippen LogP contribution is 2.32. The molecule has 2 N–H and O–H groups in total. The summed E-state index contributed by atoms with van der Waals surface area (Å²) >= 11 is 6.26. The number of carbonyl (C=O) groups excluding carboxylic acids is 1. The van der Waals surface area contributed by atoms with Crippen molar-refractivity contribution in [2.75, 3.05) is 13.1 Å². The van der Waals surface area contributed by atoms with E-state index in [1.807, 2.05) is 0 Å². The van der Waals surface area contributed by atoms with Crippen LogP contribution in [0.2, 0.25) is 0 Å². The molecule has 0 atom stereocenters. The molecule has 1 amide bonds. The molecule has 0 bridgehead atoms. The lowest BCUT2D eigenvalue weighted by molar-refractivity contribution is -0.122. The summed E-state index contributed by atoms with van der Waals surface area (Å²) in [6, 6.07) is 6.29. The number of nitrogens with two attached hydrogens (primary N) is 1. The molecule has 6 heteroatoms. The molecule has 1 aromatic carbocycles. The third-order valence-corrected chi connectivity index (χ3v) is 3.80. The number of halogens is 1. The first-order valence-corrected chi connectivity index (χ1v) is 6.56. The van der Waals surface area contributed by atoms with Crippen molar-refractivity contribution in [3.63, 3.8) is 0 Å². The fraction of sp³-hybridized carbons (Fsp3) is 0.167. The Bertz CT molecular complexity index is 531.